The normalized spacial score (nSPS) is 10.1. The van der Waals surface area contributed by atoms with Crippen molar-refractivity contribution < 1.29 is 13.9 Å². The summed E-state index contributed by atoms with van der Waals surface area (Å²) in [6.07, 6.45) is 0. The van der Waals surface area contributed by atoms with Gasteiger partial charge in [-0.3, -0.25) is 4.79 Å². The Kier molecular flexibility index (Phi) is 4.16. The lowest BCUT2D eigenvalue weighted by Gasteiger charge is -2.08. The third-order valence-corrected chi connectivity index (χ3v) is 3.35. The van der Waals surface area contributed by atoms with Crippen LogP contribution < -0.4 is 10.1 Å². The first-order chi connectivity index (χ1) is 9.11. The van der Waals surface area contributed by atoms with Crippen LogP contribution in [0.3, 0.4) is 0 Å². The number of carbonyl (C=O) groups excluding carboxylic acids is 1. The van der Waals surface area contributed by atoms with Gasteiger partial charge in [-0.15, -0.1) is 0 Å². The second-order valence-corrected chi connectivity index (χ2v) is 4.58. The second-order valence-electron chi connectivity index (χ2n) is 3.78. The minimum Gasteiger partial charge on any atom is -0.497 e. The van der Waals surface area contributed by atoms with Gasteiger partial charge in [-0.2, -0.15) is 0 Å². The highest BCUT2D eigenvalue weighted by Gasteiger charge is 2.13. The Bertz CT molecular complexity index is 599. The van der Waals surface area contributed by atoms with Gasteiger partial charge in [0.1, 0.15) is 11.6 Å². The van der Waals surface area contributed by atoms with E-state index in [1.165, 1.54) is 12.1 Å². The first kappa shape index (κ1) is 13.5. The highest BCUT2D eigenvalue weighted by Crippen LogP contribution is 2.22. The minimum atomic E-state index is -0.470. The standard InChI is InChI=1S/C14H11BrFNO2/c1-19-10-7-5-9(6-8-10)17-14(18)11-3-2-4-12(16)13(11)15/h2-8H,1H3,(H,17,18). The number of rotatable bonds is 3. The van der Waals surface area contributed by atoms with Gasteiger partial charge >= 0.3 is 0 Å². The summed E-state index contributed by atoms with van der Waals surface area (Å²) in [6, 6.07) is 11.2. The minimum absolute atomic E-state index is 0.154. The summed E-state index contributed by atoms with van der Waals surface area (Å²) in [6.45, 7) is 0. The molecule has 1 amide bonds. The predicted molar refractivity (Wildman–Crippen MR) is 75.0 cm³/mol. The molecule has 3 nitrogen and oxygen atoms in total. The number of nitrogens with one attached hydrogen (secondary N) is 1. The zero-order valence-electron chi connectivity index (χ0n) is 10.1. The van der Waals surface area contributed by atoms with Crippen LogP contribution in [-0.2, 0) is 0 Å². The summed E-state index contributed by atoms with van der Waals surface area (Å²) in [7, 11) is 1.57. The molecule has 0 aliphatic rings. The van der Waals surface area contributed by atoms with Crippen LogP contribution >= 0.6 is 15.9 Å². The molecule has 0 saturated carbocycles. The maximum Gasteiger partial charge on any atom is 0.256 e. The van der Waals surface area contributed by atoms with E-state index in [0.29, 0.717) is 11.4 Å². The first-order valence-electron chi connectivity index (χ1n) is 5.51. The number of methoxy groups -OCH3 is 1. The molecule has 0 atom stereocenters. The van der Waals surface area contributed by atoms with Crippen molar-refractivity contribution in [1.29, 1.82) is 0 Å². The quantitative estimate of drug-likeness (QED) is 0.931. The van der Waals surface area contributed by atoms with E-state index >= 15 is 0 Å². The van der Waals surface area contributed by atoms with E-state index in [4.69, 9.17) is 4.74 Å². The fourth-order valence-electron chi connectivity index (χ4n) is 1.55. The number of anilines is 1. The molecule has 0 saturated heterocycles. The number of benzene rings is 2. The van der Waals surface area contributed by atoms with Crippen molar-refractivity contribution in [2.75, 3.05) is 12.4 Å². The van der Waals surface area contributed by atoms with Gasteiger partial charge in [0.15, 0.2) is 0 Å². The molecule has 0 aromatic heterocycles. The third kappa shape index (κ3) is 3.12. The molecule has 0 radical (unpaired) electrons. The van der Waals surface area contributed by atoms with Crippen molar-refractivity contribution in [2.24, 2.45) is 0 Å². The average Bonchev–Trinajstić information content (AvgIpc) is 2.42. The van der Waals surface area contributed by atoms with E-state index in [2.05, 4.69) is 21.2 Å². The van der Waals surface area contributed by atoms with Crippen molar-refractivity contribution in [3.63, 3.8) is 0 Å². The Morgan fingerprint density at radius 2 is 1.89 bits per heavy atom. The third-order valence-electron chi connectivity index (χ3n) is 2.54. The molecule has 0 aliphatic carbocycles. The molecule has 5 heteroatoms. The van der Waals surface area contributed by atoms with Crippen LogP contribution in [-0.4, -0.2) is 13.0 Å². The summed E-state index contributed by atoms with van der Waals surface area (Å²) in [5.41, 5.74) is 0.859. The second kappa shape index (κ2) is 5.84. The first-order valence-corrected chi connectivity index (χ1v) is 6.30. The molecule has 0 bridgehead atoms. The lowest BCUT2D eigenvalue weighted by Crippen LogP contribution is -2.13. The van der Waals surface area contributed by atoms with E-state index in [1.807, 2.05) is 0 Å². The number of amides is 1. The van der Waals surface area contributed by atoms with E-state index in [-0.39, 0.29) is 15.9 Å². The van der Waals surface area contributed by atoms with Gasteiger partial charge in [0.25, 0.3) is 5.91 Å². The fraction of sp³-hybridized carbons (Fsp3) is 0.0714. The predicted octanol–water partition coefficient (Wildman–Crippen LogP) is 3.85. The van der Waals surface area contributed by atoms with Crippen LogP contribution in [0.25, 0.3) is 0 Å². The molecular formula is C14H11BrFNO2. The summed E-state index contributed by atoms with van der Waals surface area (Å²) >= 11 is 3.06. The SMILES string of the molecule is COc1ccc(NC(=O)c2cccc(F)c2Br)cc1. The lowest BCUT2D eigenvalue weighted by atomic mass is 10.2. The fourth-order valence-corrected chi connectivity index (χ4v) is 2.00. The molecule has 2 aromatic rings. The molecule has 19 heavy (non-hydrogen) atoms. The Labute approximate surface area is 118 Å². The number of hydrogen-bond donors (Lipinski definition) is 1. The number of carbonyl (C=O) groups is 1. The molecule has 0 spiro atoms. The molecule has 98 valence electrons. The van der Waals surface area contributed by atoms with Crippen molar-refractivity contribution in [3.05, 3.63) is 58.3 Å². The summed E-state index contributed by atoms with van der Waals surface area (Å²) in [4.78, 5) is 12.0. The lowest BCUT2D eigenvalue weighted by molar-refractivity contribution is 0.102. The highest BCUT2D eigenvalue weighted by atomic mass is 79.9. The Balaban J connectivity index is 2.18. The van der Waals surface area contributed by atoms with Crippen LogP contribution in [0.4, 0.5) is 10.1 Å². The van der Waals surface area contributed by atoms with Crippen molar-refractivity contribution >= 4 is 27.5 Å². The zero-order chi connectivity index (χ0) is 13.8. The highest BCUT2D eigenvalue weighted by molar-refractivity contribution is 9.10. The average molecular weight is 324 g/mol. The van der Waals surface area contributed by atoms with Gasteiger partial charge in [-0.05, 0) is 52.3 Å². The van der Waals surface area contributed by atoms with Gasteiger partial charge in [0, 0.05) is 5.69 Å². The molecule has 0 fully saturated rings. The van der Waals surface area contributed by atoms with Crippen LogP contribution in [0.1, 0.15) is 10.4 Å². The van der Waals surface area contributed by atoms with E-state index in [9.17, 15) is 9.18 Å². The molecule has 1 N–H and O–H groups in total. The van der Waals surface area contributed by atoms with Crippen LogP contribution in [0, 0.1) is 5.82 Å². The van der Waals surface area contributed by atoms with Crippen LogP contribution in [0.2, 0.25) is 0 Å². The van der Waals surface area contributed by atoms with Crippen LogP contribution in [0.15, 0.2) is 46.9 Å². The largest absolute Gasteiger partial charge is 0.497 e. The number of ether oxygens (including phenoxy) is 1. The summed E-state index contributed by atoms with van der Waals surface area (Å²) in [5, 5.41) is 2.69. The van der Waals surface area contributed by atoms with Gasteiger partial charge in [-0.25, -0.2) is 4.39 Å². The zero-order valence-corrected chi connectivity index (χ0v) is 11.7. The summed E-state index contributed by atoms with van der Waals surface area (Å²) < 4.78 is 18.5. The molecule has 0 unspecified atom stereocenters. The van der Waals surface area contributed by atoms with Crippen LogP contribution in [0.5, 0.6) is 5.75 Å². The maximum atomic E-state index is 13.3. The van der Waals surface area contributed by atoms with E-state index in [0.717, 1.165) is 0 Å². The van der Waals surface area contributed by atoms with Gasteiger partial charge in [0.2, 0.25) is 0 Å². The monoisotopic (exact) mass is 323 g/mol. The topological polar surface area (TPSA) is 38.3 Å². The molecule has 2 aromatic carbocycles. The number of halogens is 2. The smallest absolute Gasteiger partial charge is 0.256 e. The molecular weight excluding hydrogens is 313 g/mol. The molecule has 0 aliphatic heterocycles. The van der Waals surface area contributed by atoms with E-state index < -0.39 is 5.82 Å². The van der Waals surface area contributed by atoms with Gasteiger partial charge < -0.3 is 10.1 Å². The van der Waals surface area contributed by atoms with Crippen molar-refractivity contribution in [3.8, 4) is 5.75 Å². The summed E-state index contributed by atoms with van der Waals surface area (Å²) in [5.74, 6) is -0.149. The van der Waals surface area contributed by atoms with Crippen molar-refractivity contribution in [2.45, 2.75) is 0 Å². The van der Waals surface area contributed by atoms with Crippen molar-refractivity contribution in [1.82, 2.24) is 0 Å². The van der Waals surface area contributed by atoms with Gasteiger partial charge in [0.05, 0.1) is 17.1 Å². The maximum absolute atomic E-state index is 13.3. The Morgan fingerprint density at radius 1 is 1.21 bits per heavy atom. The molecule has 2 rings (SSSR count). The Morgan fingerprint density at radius 3 is 2.53 bits per heavy atom. The number of hydrogen-bond acceptors (Lipinski definition) is 2. The molecule has 0 heterocycles. The van der Waals surface area contributed by atoms with Gasteiger partial charge in [-0.1, -0.05) is 6.07 Å². The van der Waals surface area contributed by atoms with E-state index in [1.54, 1.807) is 37.4 Å². The Hall–Kier alpha value is -1.88.